The topological polar surface area (TPSA) is 97.5 Å². The summed E-state index contributed by atoms with van der Waals surface area (Å²) in [6.45, 7) is 0. The van der Waals surface area contributed by atoms with Gasteiger partial charge in [-0.1, -0.05) is 0 Å². The van der Waals surface area contributed by atoms with Crippen LogP contribution >= 0.6 is 27.3 Å². The van der Waals surface area contributed by atoms with Crippen molar-refractivity contribution in [2.24, 2.45) is 5.14 Å². The molecule has 0 atom stereocenters. The van der Waals surface area contributed by atoms with Crippen LogP contribution in [0.3, 0.4) is 0 Å². The summed E-state index contributed by atoms with van der Waals surface area (Å²) < 4.78 is 22.4. The number of halogens is 1. The van der Waals surface area contributed by atoms with Crippen LogP contribution < -0.4 is 5.14 Å². The van der Waals surface area contributed by atoms with Crippen molar-refractivity contribution < 1.29 is 18.3 Å². The van der Waals surface area contributed by atoms with Gasteiger partial charge in [-0.05, 0) is 28.1 Å². The lowest BCUT2D eigenvalue weighted by Gasteiger charge is -1.91. The van der Waals surface area contributed by atoms with Crippen LogP contribution in [0.25, 0.3) is 6.08 Å². The number of thiophene rings is 1. The summed E-state index contributed by atoms with van der Waals surface area (Å²) in [5.41, 5.74) is 0. The number of carboxylic acid groups (broad SMARTS) is 1. The summed E-state index contributed by atoms with van der Waals surface area (Å²) in [7, 11) is -3.76. The molecule has 1 heterocycles. The molecule has 0 fully saturated rings. The fourth-order valence-corrected chi connectivity index (χ4v) is 3.88. The highest BCUT2D eigenvalue weighted by atomic mass is 79.9. The van der Waals surface area contributed by atoms with Crippen molar-refractivity contribution in [1.82, 2.24) is 0 Å². The van der Waals surface area contributed by atoms with Crippen LogP contribution in [0.1, 0.15) is 4.88 Å². The minimum atomic E-state index is -3.76. The van der Waals surface area contributed by atoms with E-state index in [1.54, 1.807) is 0 Å². The van der Waals surface area contributed by atoms with Crippen molar-refractivity contribution in [2.75, 3.05) is 0 Å². The van der Waals surface area contributed by atoms with E-state index in [9.17, 15) is 13.2 Å². The highest BCUT2D eigenvalue weighted by Crippen LogP contribution is 2.31. The van der Waals surface area contributed by atoms with E-state index in [2.05, 4.69) is 15.9 Å². The van der Waals surface area contributed by atoms with Gasteiger partial charge in [-0.3, -0.25) is 0 Å². The van der Waals surface area contributed by atoms with Crippen LogP contribution in [0.2, 0.25) is 0 Å². The number of nitrogens with two attached hydrogens (primary N) is 1. The fourth-order valence-electron chi connectivity index (χ4n) is 0.799. The molecule has 3 N–H and O–H groups in total. The third kappa shape index (κ3) is 3.42. The Bertz CT molecular complexity index is 517. The molecule has 0 unspecified atom stereocenters. The molecule has 0 bridgehead atoms. The molecule has 0 radical (unpaired) electrons. The van der Waals surface area contributed by atoms with Gasteiger partial charge in [0.25, 0.3) is 0 Å². The van der Waals surface area contributed by atoms with Crippen LogP contribution in [0, 0.1) is 0 Å². The predicted molar refractivity (Wildman–Crippen MR) is 60.1 cm³/mol. The van der Waals surface area contributed by atoms with E-state index < -0.39 is 16.0 Å². The average Bonchev–Trinajstić information content (AvgIpc) is 2.42. The molecule has 0 saturated carbocycles. The Morgan fingerprint density at radius 2 is 2.20 bits per heavy atom. The second-order valence-corrected chi connectivity index (χ2v) is 6.20. The highest BCUT2D eigenvalue weighted by molar-refractivity contribution is 9.10. The lowest BCUT2D eigenvalue weighted by atomic mass is 10.4. The summed E-state index contributed by atoms with van der Waals surface area (Å²) in [6, 6.07) is 1.49. The zero-order valence-corrected chi connectivity index (χ0v) is 10.4. The Morgan fingerprint density at radius 3 is 2.60 bits per heavy atom. The number of rotatable bonds is 3. The summed E-state index contributed by atoms with van der Waals surface area (Å²) in [6.07, 6.45) is 2.22. The number of hydrogen-bond acceptors (Lipinski definition) is 4. The molecule has 5 nitrogen and oxygen atoms in total. The fraction of sp³-hybridized carbons (Fsp3) is 0. The molecule has 15 heavy (non-hydrogen) atoms. The number of aliphatic carboxylic acids is 1. The van der Waals surface area contributed by atoms with Crippen molar-refractivity contribution in [3.8, 4) is 0 Å². The van der Waals surface area contributed by atoms with Gasteiger partial charge in [0.2, 0.25) is 10.0 Å². The third-order valence-corrected chi connectivity index (χ3v) is 5.05. The van der Waals surface area contributed by atoms with Crippen molar-refractivity contribution in [1.29, 1.82) is 0 Å². The van der Waals surface area contributed by atoms with Crippen molar-refractivity contribution in [3.05, 3.63) is 21.5 Å². The van der Waals surface area contributed by atoms with E-state index in [1.165, 1.54) is 12.1 Å². The maximum atomic E-state index is 11.0. The SMILES string of the molecule is NS(=O)(=O)c1sc(/C=C/C(=O)O)cc1Br. The van der Waals surface area contributed by atoms with E-state index >= 15 is 0 Å². The maximum Gasteiger partial charge on any atom is 0.328 e. The number of hydrogen-bond donors (Lipinski definition) is 2. The smallest absolute Gasteiger partial charge is 0.328 e. The molecule has 8 heteroatoms. The Kier molecular flexibility index (Phi) is 3.66. The first-order chi connectivity index (χ1) is 6.80. The van der Waals surface area contributed by atoms with Crippen molar-refractivity contribution >= 4 is 49.3 Å². The number of carbonyl (C=O) groups is 1. The monoisotopic (exact) mass is 311 g/mol. The molecule has 0 amide bonds. The lowest BCUT2D eigenvalue weighted by molar-refractivity contribution is -0.131. The van der Waals surface area contributed by atoms with Crippen LogP contribution in [0.4, 0.5) is 0 Å². The molecule has 0 aliphatic carbocycles. The van der Waals surface area contributed by atoms with Gasteiger partial charge in [-0.25, -0.2) is 18.4 Å². The van der Waals surface area contributed by atoms with E-state index in [4.69, 9.17) is 10.2 Å². The van der Waals surface area contributed by atoms with Gasteiger partial charge in [0.15, 0.2) is 0 Å². The van der Waals surface area contributed by atoms with E-state index in [0.29, 0.717) is 9.35 Å². The molecule has 1 aromatic rings. The quantitative estimate of drug-likeness (QED) is 0.821. The second-order valence-electron chi connectivity index (χ2n) is 2.50. The van der Waals surface area contributed by atoms with Crippen LogP contribution in [0.5, 0.6) is 0 Å². The van der Waals surface area contributed by atoms with Crippen LogP contribution in [-0.2, 0) is 14.8 Å². The van der Waals surface area contributed by atoms with Gasteiger partial charge in [0.1, 0.15) is 4.21 Å². The van der Waals surface area contributed by atoms with E-state index in [1.807, 2.05) is 0 Å². The highest BCUT2D eigenvalue weighted by Gasteiger charge is 2.16. The van der Waals surface area contributed by atoms with Crippen molar-refractivity contribution in [2.45, 2.75) is 4.21 Å². The Balaban J connectivity index is 3.12. The zero-order chi connectivity index (χ0) is 11.6. The molecule has 0 aliphatic rings. The Hall–Kier alpha value is -0.700. The van der Waals surface area contributed by atoms with Gasteiger partial charge in [-0.2, -0.15) is 0 Å². The standard InChI is InChI=1S/C7H6BrNO4S2/c8-5-3-4(1-2-6(10)11)14-7(5)15(9,12)13/h1-3H,(H,10,11)(H2,9,12,13)/b2-1+. The van der Waals surface area contributed by atoms with E-state index in [0.717, 1.165) is 17.4 Å². The molecular weight excluding hydrogens is 306 g/mol. The first kappa shape index (κ1) is 12.4. The molecule has 0 spiro atoms. The molecule has 1 rings (SSSR count). The number of primary sulfonamides is 1. The molecule has 1 aromatic heterocycles. The Labute approximate surface area is 98.4 Å². The summed E-state index contributed by atoms with van der Waals surface area (Å²) in [4.78, 5) is 10.7. The van der Waals surface area contributed by atoms with Gasteiger partial charge < -0.3 is 5.11 Å². The third-order valence-electron chi connectivity index (χ3n) is 1.32. The first-order valence-electron chi connectivity index (χ1n) is 3.54. The number of carboxylic acids is 1. The van der Waals surface area contributed by atoms with Gasteiger partial charge in [0.05, 0.1) is 0 Å². The van der Waals surface area contributed by atoms with Gasteiger partial charge in [-0.15, -0.1) is 11.3 Å². The average molecular weight is 312 g/mol. The Morgan fingerprint density at radius 1 is 1.60 bits per heavy atom. The lowest BCUT2D eigenvalue weighted by Crippen LogP contribution is -2.10. The molecular formula is C7H6BrNO4S2. The summed E-state index contributed by atoms with van der Waals surface area (Å²) >= 11 is 3.93. The zero-order valence-electron chi connectivity index (χ0n) is 7.18. The normalized spacial score (nSPS) is 12.1. The second kappa shape index (κ2) is 4.44. The minimum absolute atomic E-state index is 0.0208. The first-order valence-corrected chi connectivity index (χ1v) is 6.69. The molecule has 0 aromatic carbocycles. The maximum absolute atomic E-state index is 11.0. The molecule has 0 saturated heterocycles. The minimum Gasteiger partial charge on any atom is -0.478 e. The van der Waals surface area contributed by atoms with Crippen LogP contribution in [0.15, 0.2) is 20.8 Å². The summed E-state index contributed by atoms with van der Waals surface area (Å²) in [5, 5.41) is 13.3. The van der Waals surface area contributed by atoms with Gasteiger partial charge in [0, 0.05) is 15.4 Å². The largest absolute Gasteiger partial charge is 0.478 e. The summed E-state index contributed by atoms with van der Waals surface area (Å²) in [5.74, 6) is -1.10. The number of sulfonamides is 1. The van der Waals surface area contributed by atoms with Crippen molar-refractivity contribution in [3.63, 3.8) is 0 Å². The molecule has 0 aliphatic heterocycles. The predicted octanol–water partition coefficient (Wildman–Crippen LogP) is 1.26. The van der Waals surface area contributed by atoms with Gasteiger partial charge >= 0.3 is 5.97 Å². The van der Waals surface area contributed by atoms with E-state index in [-0.39, 0.29) is 4.21 Å². The van der Waals surface area contributed by atoms with Crippen LogP contribution in [-0.4, -0.2) is 19.5 Å². The molecule has 82 valence electrons.